The third kappa shape index (κ3) is 5.20. The maximum absolute atomic E-state index is 12.6. The second-order valence-electron chi connectivity index (χ2n) is 5.97. The van der Waals surface area contributed by atoms with E-state index in [-0.39, 0.29) is 5.91 Å². The van der Waals surface area contributed by atoms with Crippen LogP contribution in [0.4, 0.5) is 0 Å². The van der Waals surface area contributed by atoms with Gasteiger partial charge < -0.3 is 4.90 Å². The van der Waals surface area contributed by atoms with Crippen molar-refractivity contribution in [1.82, 2.24) is 9.88 Å². The largest absolute Gasteiger partial charge is 0.336 e. The molecular formula is C20H23N3O. The fraction of sp³-hybridized carbons (Fsp3) is 0.350. The van der Waals surface area contributed by atoms with Gasteiger partial charge in [0.15, 0.2) is 0 Å². The molecule has 0 atom stereocenters. The summed E-state index contributed by atoms with van der Waals surface area (Å²) in [6.45, 7) is 5.04. The number of carbonyl (C=O) groups excluding carboxylic acids is 1. The predicted octanol–water partition coefficient (Wildman–Crippen LogP) is 3.57. The molecule has 0 fully saturated rings. The van der Waals surface area contributed by atoms with Crippen LogP contribution < -0.4 is 0 Å². The van der Waals surface area contributed by atoms with Gasteiger partial charge in [0.1, 0.15) is 0 Å². The van der Waals surface area contributed by atoms with Crippen molar-refractivity contribution in [2.45, 2.75) is 39.7 Å². The van der Waals surface area contributed by atoms with Crippen LogP contribution in [0.3, 0.4) is 0 Å². The summed E-state index contributed by atoms with van der Waals surface area (Å²) >= 11 is 0. The summed E-state index contributed by atoms with van der Waals surface area (Å²) in [5, 5.41) is 8.83. The number of nitrogens with zero attached hydrogens (tertiary/aromatic N) is 3. The maximum Gasteiger partial charge on any atom is 0.223 e. The summed E-state index contributed by atoms with van der Waals surface area (Å²) in [6.07, 6.45) is 3.22. The van der Waals surface area contributed by atoms with Crippen molar-refractivity contribution >= 4 is 5.91 Å². The number of amides is 1. The lowest BCUT2D eigenvalue weighted by atomic mass is 10.0. The van der Waals surface area contributed by atoms with E-state index in [0.29, 0.717) is 25.9 Å². The number of pyridine rings is 1. The van der Waals surface area contributed by atoms with Gasteiger partial charge >= 0.3 is 0 Å². The van der Waals surface area contributed by atoms with Crippen molar-refractivity contribution < 1.29 is 4.79 Å². The normalized spacial score (nSPS) is 10.2. The number of hydrogen-bond acceptors (Lipinski definition) is 3. The fourth-order valence-electron chi connectivity index (χ4n) is 2.69. The first-order chi connectivity index (χ1) is 11.6. The number of benzene rings is 1. The molecule has 0 saturated carbocycles. The first-order valence-electron chi connectivity index (χ1n) is 8.21. The zero-order chi connectivity index (χ0) is 17.4. The van der Waals surface area contributed by atoms with E-state index in [1.54, 1.807) is 11.1 Å². The Bertz CT molecular complexity index is 719. The van der Waals surface area contributed by atoms with Gasteiger partial charge in [-0.25, -0.2) is 0 Å². The van der Waals surface area contributed by atoms with E-state index in [9.17, 15) is 4.79 Å². The quantitative estimate of drug-likeness (QED) is 0.783. The van der Waals surface area contributed by atoms with Crippen molar-refractivity contribution in [3.05, 3.63) is 65.0 Å². The minimum atomic E-state index is 0.0656. The highest BCUT2D eigenvalue weighted by atomic mass is 16.2. The summed E-state index contributed by atoms with van der Waals surface area (Å²) in [4.78, 5) is 18.6. The van der Waals surface area contributed by atoms with Gasteiger partial charge in [-0.05, 0) is 43.5 Å². The van der Waals surface area contributed by atoms with E-state index in [2.05, 4.69) is 43.1 Å². The third-order valence-electron chi connectivity index (χ3n) is 4.03. The molecule has 4 nitrogen and oxygen atoms in total. The molecule has 0 saturated heterocycles. The molecule has 0 N–H and O–H groups in total. The van der Waals surface area contributed by atoms with E-state index < -0.39 is 0 Å². The molecule has 2 rings (SSSR count). The van der Waals surface area contributed by atoms with Gasteiger partial charge in [-0.15, -0.1) is 0 Å². The average Bonchev–Trinajstić information content (AvgIpc) is 2.58. The van der Waals surface area contributed by atoms with Crippen LogP contribution in [-0.4, -0.2) is 22.3 Å². The van der Waals surface area contributed by atoms with E-state index in [4.69, 9.17) is 5.26 Å². The highest BCUT2D eigenvalue weighted by Gasteiger charge is 2.14. The van der Waals surface area contributed by atoms with Gasteiger partial charge in [0.2, 0.25) is 5.91 Å². The molecule has 0 aliphatic rings. The molecule has 0 radical (unpaired) electrons. The molecule has 1 heterocycles. The Morgan fingerprint density at radius 1 is 1.25 bits per heavy atom. The fourth-order valence-corrected chi connectivity index (χ4v) is 2.69. The second-order valence-corrected chi connectivity index (χ2v) is 5.97. The molecule has 2 aromatic rings. The molecule has 0 unspecified atom stereocenters. The monoisotopic (exact) mass is 321 g/mol. The number of nitriles is 1. The second kappa shape index (κ2) is 8.83. The van der Waals surface area contributed by atoms with Crippen molar-refractivity contribution in [3.8, 4) is 6.07 Å². The lowest BCUT2D eigenvalue weighted by Crippen LogP contribution is -2.32. The van der Waals surface area contributed by atoms with Crippen LogP contribution in [0.15, 0.2) is 42.6 Å². The van der Waals surface area contributed by atoms with Crippen molar-refractivity contribution in [3.63, 3.8) is 0 Å². The minimum Gasteiger partial charge on any atom is -0.336 e. The van der Waals surface area contributed by atoms with Gasteiger partial charge in [0.25, 0.3) is 0 Å². The van der Waals surface area contributed by atoms with Gasteiger partial charge in [-0.2, -0.15) is 5.26 Å². The Hall–Kier alpha value is -2.67. The smallest absolute Gasteiger partial charge is 0.223 e. The number of hydrogen-bond donors (Lipinski definition) is 0. The van der Waals surface area contributed by atoms with Gasteiger partial charge in [-0.1, -0.05) is 29.8 Å². The molecule has 1 aromatic carbocycles. The molecular weight excluding hydrogens is 298 g/mol. The predicted molar refractivity (Wildman–Crippen MR) is 94.1 cm³/mol. The zero-order valence-corrected chi connectivity index (χ0v) is 14.3. The van der Waals surface area contributed by atoms with Crippen LogP contribution in [0.2, 0.25) is 0 Å². The Balaban J connectivity index is 2.00. The van der Waals surface area contributed by atoms with E-state index in [0.717, 1.165) is 12.1 Å². The van der Waals surface area contributed by atoms with Crippen molar-refractivity contribution in [2.75, 3.05) is 6.54 Å². The zero-order valence-electron chi connectivity index (χ0n) is 14.3. The van der Waals surface area contributed by atoms with Crippen LogP contribution in [0, 0.1) is 25.2 Å². The topological polar surface area (TPSA) is 57.0 Å². The number of carbonyl (C=O) groups is 1. The van der Waals surface area contributed by atoms with Crippen molar-refractivity contribution in [1.29, 1.82) is 5.26 Å². The van der Waals surface area contributed by atoms with Crippen LogP contribution >= 0.6 is 0 Å². The molecule has 1 aromatic heterocycles. The number of rotatable bonds is 7. The van der Waals surface area contributed by atoms with Crippen molar-refractivity contribution in [2.24, 2.45) is 0 Å². The van der Waals surface area contributed by atoms with E-state index in [1.165, 1.54) is 16.7 Å². The Labute approximate surface area is 143 Å². The minimum absolute atomic E-state index is 0.0656. The SMILES string of the molecule is Cc1ccc(CCC(=O)N(CCC#N)Cc2ccccn2)c(C)c1. The Kier molecular flexibility index (Phi) is 6.51. The maximum atomic E-state index is 12.6. The molecule has 1 amide bonds. The summed E-state index contributed by atoms with van der Waals surface area (Å²) < 4.78 is 0. The van der Waals surface area contributed by atoms with Gasteiger partial charge in [0.05, 0.1) is 24.7 Å². The highest BCUT2D eigenvalue weighted by molar-refractivity contribution is 5.76. The summed E-state index contributed by atoms with van der Waals surface area (Å²) in [5.74, 6) is 0.0656. The molecule has 0 aliphatic heterocycles. The average molecular weight is 321 g/mol. The number of aromatic nitrogens is 1. The first-order valence-corrected chi connectivity index (χ1v) is 8.21. The van der Waals surface area contributed by atoms with Crippen LogP contribution in [0.1, 0.15) is 35.2 Å². The first kappa shape index (κ1) is 17.7. The molecule has 0 aliphatic carbocycles. The Morgan fingerprint density at radius 2 is 2.08 bits per heavy atom. The van der Waals surface area contributed by atoms with E-state index in [1.807, 2.05) is 18.2 Å². The highest BCUT2D eigenvalue weighted by Crippen LogP contribution is 2.14. The van der Waals surface area contributed by atoms with Gasteiger partial charge in [-0.3, -0.25) is 9.78 Å². The third-order valence-corrected chi connectivity index (χ3v) is 4.03. The molecule has 24 heavy (non-hydrogen) atoms. The van der Waals surface area contributed by atoms with Crippen LogP contribution in [-0.2, 0) is 17.8 Å². The molecule has 0 bridgehead atoms. The van der Waals surface area contributed by atoms with Gasteiger partial charge in [0, 0.05) is 19.2 Å². The molecule has 4 heteroatoms. The molecule has 0 spiro atoms. The lowest BCUT2D eigenvalue weighted by Gasteiger charge is -2.21. The number of aryl methyl sites for hydroxylation is 3. The van der Waals surface area contributed by atoms with Crippen LogP contribution in [0.25, 0.3) is 0 Å². The standard InChI is InChI=1S/C20H23N3O/c1-16-7-8-18(17(2)14-16)9-10-20(24)23(13-5-11-21)15-19-6-3-4-12-22-19/h3-4,6-8,12,14H,5,9-10,13,15H2,1-2H3. The van der Waals surface area contributed by atoms with E-state index >= 15 is 0 Å². The summed E-state index contributed by atoms with van der Waals surface area (Å²) in [5.41, 5.74) is 4.49. The van der Waals surface area contributed by atoms with Crippen LogP contribution in [0.5, 0.6) is 0 Å². The molecule has 124 valence electrons. The lowest BCUT2D eigenvalue weighted by molar-refractivity contribution is -0.131. The summed E-state index contributed by atoms with van der Waals surface area (Å²) in [7, 11) is 0. The summed E-state index contributed by atoms with van der Waals surface area (Å²) in [6, 6.07) is 14.1. The Morgan fingerprint density at radius 3 is 2.75 bits per heavy atom.